The average molecular weight is 380 g/mol. The van der Waals surface area contributed by atoms with Crippen molar-refractivity contribution in [2.24, 2.45) is 0 Å². The predicted molar refractivity (Wildman–Crippen MR) is 104 cm³/mol. The summed E-state index contributed by atoms with van der Waals surface area (Å²) in [6, 6.07) is 8.07. The minimum Gasteiger partial charge on any atom is -0.378 e. The molecule has 2 heterocycles. The van der Waals surface area contributed by atoms with E-state index >= 15 is 0 Å². The summed E-state index contributed by atoms with van der Waals surface area (Å²) in [7, 11) is 2.15. The van der Waals surface area contributed by atoms with Gasteiger partial charge in [-0.3, -0.25) is 9.69 Å². The molecule has 144 valence electrons. The zero-order chi connectivity index (χ0) is 18.4. The number of benzene rings is 1. The highest BCUT2D eigenvalue weighted by molar-refractivity contribution is 6.31. The molecule has 2 aliphatic rings. The summed E-state index contributed by atoms with van der Waals surface area (Å²) >= 11 is 6.47. The van der Waals surface area contributed by atoms with Crippen LogP contribution in [0.25, 0.3) is 0 Å². The number of hydrogen-bond donors (Lipinski definition) is 1. The number of piperazine rings is 1. The van der Waals surface area contributed by atoms with Gasteiger partial charge in [0.2, 0.25) is 5.91 Å². The maximum Gasteiger partial charge on any atom is 0.222 e. The molecule has 0 aliphatic carbocycles. The summed E-state index contributed by atoms with van der Waals surface area (Å²) in [5.41, 5.74) is 1.09. The third-order valence-corrected chi connectivity index (χ3v) is 5.77. The summed E-state index contributed by atoms with van der Waals surface area (Å²) in [6.07, 6.45) is 3.78. The van der Waals surface area contributed by atoms with Gasteiger partial charge in [-0.05, 0) is 37.9 Å². The largest absolute Gasteiger partial charge is 0.378 e. The van der Waals surface area contributed by atoms with E-state index in [1.165, 1.54) is 0 Å². The molecule has 2 aliphatic heterocycles. The smallest absolute Gasteiger partial charge is 0.222 e. The molecule has 1 amide bonds. The van der Waals surface area contributed by atoms with Crippen molar-refractivity contribution in [1.82, 2.24) is 15.1 Å². The normalized spacial score (nSPS) is 23.5. The van der Waals surface area contributed by atoms with Gasteiger partial charge in [-0.1, -0.05) is 29.8 Å². The highest BCUT2D eigenvalue weighted by atomic mass is 35.5. The topological polar surface area (TPSA) is 44.8 Å². The maximum absolute atomic E-state index is 12.4. The first-order chi connectivity index (χ1) is 12.6. The van der Waals surface area contributed by atoms with Gasteiger partial charge in [0, 0.05) is 44.4 Å². The lowest BCUT2D eigenvalue weighted by molar-refractivity contribution is -0.125. The highest BCUT2D eigenvalue weighted by Gasteiger charge is 2.26. The van der Waals surface area contributed by atoms with Gasteiger partial charge in [0.1, 0.15) is 0 Å². The molecule has 0 saturated carbocycles. The van der Waals surface area contributed by atoms with Crippen molar-refractivity contribution < 1.29 is 9.53 Å². The van der Waals surface area contributed by atoms with Crippen LogP contribution in [0.15, 0.2) is 24.3 Å². The Morgan fingerprint density at radius 2 is 2.04 bits per heavy atom. The van der Waals surface area contributed by atoms with E-state index in [-0.39, 0.29) is 18.1 Å². The van der Waals surface area contributed by atoms with Crippen molar-refractivity contribution in [3.8, 4) is 0 Å². The fourth-order valence-corrected chi connectivity index (χ4v) is 4.03. The van der Waals surface area contributed by atoms with Gasteiger partial charge in [0.15, 0.2) is 0 Å². The van der Waals surface area contributed by atoms with Gasteiger partial charge in [-0.15, -0.1) is 0 Å². The first-order valence-electron chi connectivity index (χ1n) is 9.69. The molecule has 2 fully saturated rings. The Kier molecular flexibility index (Phi) is 7.32. The molecule has 6 heteroatoms. The van der Waals surface area contributed by atoms with Crippen LogP contribution in [-0.4, -0.2) is 68.2 Å². The molecule has 0 radical (unpaired) electrons. The first-order valence-corrected chi connectivity index (χ1v) is 10.1. The lowest BCUT2D eigenvalue weighted by atomic mass is 10.0. The molecule has 26 heavy (non-hydrogen) atoms. The number of hydrogen-bond acceptors (Lipinski definition) is 4. The second-order valence-electron chi connectivity index (χ2n) is 7.37. The summed E-state index contributed by atoms with van der Waals surface area (Å²) in [5, 5.41) is 3.90. The van der Waals surface area contributed by atoms with Crippen LogP contribution in [0.5, 0.6) is 0 Å². The maximum atomic E-state index is 12.4. The van der Waals surface area contributed by atoms with Crippen LogP contribution in [0, 0.1) is 0 Å². The minimum absolute atomic E-state index is 0.0723. The van der Waals surface area contributed by atoms with Crippen molar-refractivity contribution in [1.29, 1.82) is 0 Å². The number of likely N-dealkylation sites (N-methyl/N-ethyl adjacent to an activating group) is 1. The SMILES string of the molecule is CN1CCN(C(CNC(=O)CC2CCCCO2)c2ccccc2Cl)CC1. The number of halogens is 1. The lowest BCUT2D eigenvalue weighted by Gasteiger charge is -2.38. The molecule has 0 spiro atoms. The van der Waals surface area contributed by atoms with Gasteiger partial charge < -0.3 is 15.0 Å². The van der Waals surface area contributed by atoms with Crippen LogP contribution in [-0.2, 0) is 9.53 Å². The number of amides is 1. The molecule has 1 aromatic rings. The van der Waals surface area contributed by atoms with E-state index in [0.29, 0.717) is 13.0 Å². The molecule has 2 saturated heterocycles. The Labute approximate surface area is 161 Å². The summed E-state index contributed by atoms with van der Waals surface area (Å²) in [6.45, 7) is 5.39. The minimum atomic E-state index is 0.0723. The molecule has 3 rings (SSSR count). The number of nitrogens with zero attached hydrogens (tertiary/aromatic N) is 2. The number of nitrogens with one attached hydrogen (secondary N) is 1. The summed E-state index contributed by atoms with van der Waals surface area (Å²) < 4.78 is 5.69. The van der Waals surface area contributed by atoms with Gasteiger partial charge in [0.25, 0.3) is 0 Å². The number of ether oxygens (including phenoxy) is 1. The molecule has 2 unspecified atom stereocenters. The van der Waals surface area contributed by atoms with Gasteiger partial charge >= 0.3 is 0 Å². The number of rotatable bonds is 6. The van der Waals surface area contributed by atoms with Crippen LogP contribution >= 0.6 is 11.6 Å². The van der Waals surface area contributed by atoms with Crippen molar-refractivity contribution in [3.05, 3.63) is 34.9 Å². The van der Waals surface area contributed by atoms with Crippen molar-refractivity contribution >= 4 is 17.5 Å². The van der Waals surface area contributed by atoms with Crippen molar-refractivity contribution in [3.63, 3.8) is 0 Å². The molecule has 0 aromatic heterocycles. The number of carbonyl (C=O) groups is 1. The molecular formula is C20H30ClN3O2. The molecule has 2 atom stereocenters. The Balaban J connectivity index is 1.62. The Morgan fingerprint density at radius 1 is 1.27 bits per heavy atom. The molecule has 1 N–H and O–H groups in total. The fourth-order valence-electron chi connectivity index (χ4n) is 3.77. The monoisotopic (exact) mass is 379 g/mol. The summed E-state index contributed by atoms with van der Waals surface area (Å²) in [5.74, 6) is 0.0723. The van der Waals surface area contributed by atoms with Gasteiger partial charge in [-0.2, -0.15) is 0 Å². The summed E-state index contributed by atoms with van der Waals surface area (Å²) in [4.78, 5) is 17.2. The third-order valence-electron chi connectivity index (χ3n) is 5.42. The lowest BCUT2D eigenvalue weighted by Crippen LogP contribution is -2.48. The first kappa shape index (κ1) is 19.6. The molecular weight excluding hydrogens is 350 g/mol. The fraction of sp³-hybridized carbons (Fsp3) is 0.650. The molecule has 0 bridgehead atoms. The number of carbonyl (C=O) groups excluding carboxylic acids is 1. The Hall–Kier alpha value is -1.14. The van der Waals surface area contributed by atoms with Crippen LogP contribution in [0.1, 0.15) is 37.3 Å². The van der Waals surface area contributed by atoms with E-state index in [9.17, 15) is 4.79 Å². The second-order valence-corrected chi connectivity index (χ2v) is 7.78. The van der Waals surface area contributed by atoms with Crippen LogP contribution in [0.4, 0.5) is 0 Å². The van der Waals surface area contributed by atoms with Crippen LogP contribution < -0.4 is 5.32 Å². The third kappa shape index (κ3) is 5.43. The van der Waals surface area contributed by atoms with Gasteiger partial charge in [0.05, 0.1) is 18.6 Å². The van der Waals surface area contributed by atoms with Crippen molar-refractivity contribution in [2.45, 2.75) is 37.8 Å². The van der Waals surface area contributed by atoms with E-state index < -0.39 is 0 Å². The zero-order valence-electron chi connectivity index (χ0n) is 15.6. The van der Waals surface area contributed by atoms with E-state index in [1.807, 2.05) is 18.2 Å². The second kappa shape index (κ2) is 9.70. The Morgan fingerprint density at radius 3 is 2.73 bits per heavy atom. The van der Waals surface area contributed by atoms with E-state index in [4.69, 9.17) is 16.3 Å². The average Bonchev–Trinajstić information content (AvgIpc) is 2.65. The van der Waals surface area contributed by atoms with Gasteiger partial charge in [-0.25, -0.2) is 0 Å². The molecule has 1 aromatic carbocycles. The highest BCUT2D eigenvalue weighted by Crippen LogP contribution is 2.28. The van der Waals surface area contributed by atoms with E-state index in [0.717, 1.165) is 62.6 Å². The van der Waals surface area contributed by atoms with Crippen LogP contribution in [0.2, 0.25) is 5.02 Å². The zero-order valence-corrected chi connectivity index (χ0v) is 16.4. The van der Waals surface area contributed by atoms with Crippen molar-refractivity contribution in [2.75, 3.05) is 46.4 Å². The Bertz CT molecular complexity index is 584. The standard InChI is InChI=1S/C20H30ClN3O2/c1-23-9-11-24(12-10-23)19(17-7-2-3-8-18(17)21)15-22-20(25)14-16-6-4-5-13-26-16/h2-3,7-8,16,19H,4-6,9-15H2,1H3,(H,22,25). The molecule has 5 nitrogen and oxygen atoms in total. The predicted octanol–water partition coefficient (Wildman–Crippen LogP) is 2.70. The van der Waals surface area contributed by atoms with E-state index in [2.05, 4.69) is 28.2 Å². The quantitative estimate of drug-likeness (QED) is 0.825. The van der Waals surface area contributed by atoms with Crippen LogP contribution in [0.3, 0.4) is 0 Å². The van der Waals surface area contributed by atoms with E-state index in [1.54, 1.807) is 0 Å².